The van der Waals surface area contributed by atoms with Crippen molar-refractivity contribution in [1.82, 2.24) is 4.90 Å². The Labute approximate surface area is 115 Å². The Morgan fingerprint density at radius 3 is 2.79 bits per heavy atom. The Balaban J connectivity index is 2.05. The van der Waals surface area contributed by atoms with Crippen LogP contribution in [-0.4, -0.2) is 34.8 Å². The smallest absolute Gasteiger partial charge is 0.226 e. The fraction of sp³-hybridized carbons (Fsp3) is 0.867. The molecule has 0 bridgehead atoms. The molecule has 1 saturated heterocycles. The number of likely N-dealkylation sites (tertiary alicyclic amines) is 1. The molecule has 19 heavy (non-hydrogen) atoms. The summed E-state index contributed by atoms with van der Waals surface area (Å²) in [5.74, 6) is 0.725. The number of rotatable bonds is 2. The number of hydrogen-bond acceptors (Lipinski definition) is 3. The minimum Gasteiger partial charge on any atom is -0.411 e. The van der Waals surface area contributed by atoms with Crippen LogP contribution in [0.4, 0.5) is 0 Å². The molecule has 1 amide bonds. The average molecular weight is 266 g/mol. The standard InChI is InChI=1S/C15H26N2O2/c1-4-11-10-17(9-7-13(11)16-19)14(18)12-6-5-8-15(12,2)3/h11-12,19H,4-10H2,1-3H3. The molecule has 108 valence electrons. The number of nitrogens with zero attached hydrogens (tertiary/aromatic N) is 2. The van der Waals surface area contributed by atoms with E-state index >= 15 is 0 Å². The molecule has 0 aromatic rings. The lowest BCUT2D eigenvalue weighted by Gasteiger charge is -2.37. The molecular formula is C15H26N2O2. The second kappa shape index (κ2) is 5.51. The number of hydrogen-bond donors (Lipinski definition) is 1. The van der Waals surface area contributed by atoms with Gasteiger partial charge in [-0.3, -0.25) is 4.79 Å². The van der Waals surface area contributed by atoms with E-state index in [9.17, 15) is 4.79 Å². The monoisotopic (exact) mass is 266 g/mol. The third-order valence-corrected chi connectivity index (χ3v) is 5.04. The van der Waals surface area contributed by atoms with Crippen LogP contribution < -0.4 is 0 Å². The fourth-order valence-electron chi connectivity index (χ4n) is 3.62. The minimum atomic E-state index is 0.143. The van der Waals surface area contributed by atoms with Crippen LogP contribution >= 0.6 is 0 Å². The third kappa shape index (κ3) is 2.77. The lowest BCUT2D eigenvalue weighted by molar-refractivity contribution is -0.139. The fourth-order valence-corrected chi connectivity index (χ4v) is 3.62. The number of oxime groups is 1. The number of carbonyl (C=O) groups excluding carboxylic acids is 1. The SMILES string of the molecule is CCC1CN(C(=O)C2CCCC2(C)C)CCC1=NO. The van der Waals surface area contributed by atoms with Gasteiger partial charge in [0.25, 0.3) is 0 Å². The Bertz CT molecular complexity index is 376. The van der Waals surface area contributed by atoms with Gasteiger partial charge >= 0.3 is 0 Å². The van der Waals surface area contributed by atoms with Crippen molar-refractivity contribution in [2.24, 2.45) is 22.4 Å². The van der Waals surface area contributed by atoms with E-state index in [1.807, 2.05) is 4.90 Å². The quantitative estimate of drug-likeness (QED) is 0.617. The zero-order valence-electron chi connectivity index (χ0n) is 12.4. The zero-order valence-corrected chi connectivity index (χ0v) is 12.4. The van der Waals surface area contributed by atoms with E-state index in [2.05, 4.69) is 25.9 Å². The van der Waals surface area contributed by atoms with Crippen LogP contribution in [-0.2, 0) is 4.79 Å². The van der Waals surface area contributed by atoms with Gasteiger partial charge in [-0.15, -0.1) is 0 Å². The Morgan fingerprint density at radius 2 is 2.26 bits per heavy atom. The normalized spacial score (nSPS) is 32.8. The van der Waals surface area contributed by atoms with E-state index in [-0.39, 0.29) is 17.3 Å². The average Bonchev–Trinajstić information content (AvgIpc) is 2.76. The predicted octanol–water partition coefficient (Wildman–Crippen LogP) is 2.90. The molecule has 1 aliphatic heterocycles. The van der Waals surface area contributed by atoms with Crippen LogP contribution in [0.25, 0.3) is 0 Å². The van der Waals surface area contributed by atoms with Crippen LogP contribution in [0.15, 0.2) is 5.16 Å². The summed E-state index contributed by atoms with van der Waals surface area (Å²) in [5, 5.41) is 12.4. The first kappa shape index (κ1) is 14.4. The van der Waals surface area contributed by atoms with Crippen LogP contribution in [0, 0.1) is 17.3 Å². The summed E-state index contributed by atoms with van der Waals surface area (Å²) in [4.78, 5) is 14.7. The Kier molecular flexibility index (Phi) is 4.16. The summed E-state index contributed by atoms with van der Waals surface area (Å²) < 4.78 is 0. The molecule has 1 N–H and O–H groups in total. The molecule has 2 unspecified atom stereocenters. The predicted molar refractivity (Wildman–Crippen MR) is 75.3 cm³/mol. The first-order chi connectivity index (χ1) is 8.99. The molecule has 2 rings (SSSR count). The van der Waals surface area contributed by atoms with Gasteiger partial charge in [0, 0.05) is 31.3 Å². The van der Waals surface area contributed by atoms with Crippen molar-refractivity contribution < 1.29 is 10.0 Å². The molecule has 4 heteroatoms. The number of carbonyl (C=O) groups is 1. The molecule has 0 aromatic carbocycles. The molecule has 1 saturated carbocycles. The molecule has 2 fully saturated rings. The largest absolute Gasteiger partial charge is 0.411 e. The van der Waals surface area contributed by atoms with Gasteiger partial charge in [0.15, 0.2) is 0 Å². The summed E-state index contributed by atoms with van der Waals surface area (Å²) in [6.07, 6.45) is 4.99. The summed E-state index contributed by atoms with van der Waals surface area (Å²) in [5.41, 5.74) is 1.00. The van der Waals surface area contributed by atoms with Gasteiger partial charge in [0.05, 0.1) is 5.71 Å². The highest BCUT2D eigenvalue weighted by molar-refractivity contribution is 5.89. The van der Waals surface area contributed by atoms with Crippen LogP contribution in [0.3, 0.4) is 0 Å². The summed E-state index contributed by atoms with van der Waals surface area (Å²) >= 11 is 0. The van der Waals surface area contributed by atoms with Gasteiger partial charge in [-0.25, -0.2) is 0 Å². The van der Waals surface area contributed by atoms with Crippen molar-refractivity contribution in [3.8, 4) is 0 Å². The molecule has 2 atom stereocenters. The third-order valence-electron chi connectivity index (χ3n) is 5.04. The van der Waals surface area contributed by atoms with Gasteiger partial charge in [-0.1, -0.05) is 32.3 Å². The molecule has 0 spiro atoms. The van der Waals surface area contributed by atoms with Crippen LogP contribution in [0.5, 0.6) is 0 Å². The second-order valence-electron chi connectivity index (χ2n) is 6.66. The van der Waals surface area contributed by atoms with E-state index in [0.717, 1.165) is 37.9 Å². The number of piperidine rings is 1. The van der Waals surface area contributed by atoms with Crippen molar-refractivity contribution in [3.05, 3.63) is 0 Å². The van der Waals surface area contributed by atoms with Crippen molar-refractivity contribution in [1.29, 1.82) is 0 Å². The summed E-state index contributed by atoms with van der Waals surface area (Å²) in [6.45, 7) is 7.95. The van der Waals surface area contributed by atoms with E-state index in [4.69, 9.17) is 5.21 Å². The molecule has 0 aromatic heterocycles. The van der Waals surface area contributed by atoms with Crippen LogP contribution in [0.2, 0.25) is 0 Å². The Morgan fingerprint density at radius 1 is 1.53 bits per heavy atom. The van der Waals surface area contributed by atoms with Crippen molar-refractivity contribution in [2.75, 3.05) is 13.1 Å². The van der Waals surface area contributed by atoms with Crippen molar-refractivity contribution in [3.63, 3.8) is 0 Å². The van der Waals surface area contributed by atoms with E-state index < -0.39 is 0 Å². The highest BCUT2D eigenvalue weighted by atomic mass is 16.4. The molecule has 0 radical (unpaired) electrons. The molecule has 2 aliphatic rings. The topological polar surface area (TPSA) is 52.9 Å². The lowest BCUT2D eigenvalue weighted by atomic mass is 9.80. The molecule has 4 nitrogen and oxygen atoms in total. The molecule has 1 aliphatic carbocycles. The minimum absolute atomic E-state index is 0.143. The first-order valence-electron chi connectivity index (χ1n) is 7.49. The van der Waals surface area contributed by atoms with Crippen molar-refractivity contribution in [2.45, 2.75) is 52.9 Å². The summed E-state index contributed by atoms with van der Waals surface area (Å²) in [7, 11) is 0. The van der Waals surface area contributed by atoms with Gasteiger partial charge in [0.2, 0.25) is 5.91 Å². The van der Waals surface area contributed by atoms with Gasteiger partial charge in [0.1, 0.15) is 0 Å². The van der Waals surface area contributed by atoms with E-state index in [1.54, 1.807) is 0 Å². The van der Waals surface area contributed by atoms with Crippen molar-refractivity contribution >= 4 is 11.6 Å². The van der Waals surface area contributed by atoms with Crippen LogP contribution in [0.1, 0.15) is 52.9 Å². The highest BCUT2D eigenvalue weighted by Gasteiger charge is 2.42. The van der Waals surface area contributed by atoms with Gasteiger partial charge in [-0.2, -0.15) is 0 Å². The number of amides is 1. The van der Waals surface area contributed by atoms with E-state index in [1.165, 1.54) is 0 Å². The first-order valence-corrected chi connectivity index (χ1v) is 7.49. The second-order valence-corrected chi connectivity index (χ2v) is 6.66. The van der Waals surface area contributed by atoms with E-state index in [0.29, 0.717) is 18.9 Å². The maximum absolute atomic E-state index is 12.7. The molecule has 1 heterocycles. The zero-order chi connectivity index (χ0) is 14.0. The molecular weight excluding hydrogens is 240 g/mol. The Hall–Kier alpha value is -1.06. The van der Waals surface area contributed by atoms with Gasteiger partial charge in [-0.05, 0) is 24.7 Å². The highest BCUT2D eigenvalue weighted by Crippen LogP contribution is 2.43. The maximum Gasteiger partial charge on any atom is 0.226 e. The maximum atomic E-state index is 12.7. The lowest BCUT2D eigenvalue weighted by Crippen LogP contribution is -2.48. The summed E-state index contributed by atoms with van der Waals surface area (Å²) in [6, 6.07) is 0. The van der Waals surface area contributed by atoms with Gasteiger partial charge < -0.3 is 10.1 Å².